The highest BCUT2D eigenvalue weighted by atomic mass is 35.5. The highest BCUT2D eigenvalue weighted by Gasteiger charge is 2.28. The zero-order chi connectivity index (χ0) is 12.5. The minimum atomic E-state index is -3.05. The lowest BCUT2D eigenvalue weighted by atomic mass is 10.0. The van der Waals surface area contributed by atoms with E-state index in [4.69, 9.17) is 11.6 Å². The molecule has 0 aliphatic carbocycles. The first-order valence-electron chi connectivity index (χ1n) is 5.51. The van der Waals surface area contributed by atoms with Crippen LogP contribution in [0.3, 0.4) is 0 Å². The van der Waals surface area contributed by atoms with Gasteiger partial charge in [0, 0.05) is 19.3 Å². The Hall–Kier alpha value is -0.650. The van der Waals surface area contributed by atoms with Crippen LogP contribution in [-0.4, -0.2) is 37.1 Å². The minimum absolute atomic E-state index is 0.339. The van der Waals surface area contributed by atoms with Crippen molar-refractivity contribution in [3.63, 3.8) is 0 Å². The molecule has 1 fully saturated rings. The van der Waals surface area contributed by atoms with Gasteiger partial charge >= 0.3 is 0 Å². The largest absolute Gasteiger partial charge is 0.244 e. The van der Waals surface area contributed by atoms with Gasteiger partial charge in [-0.15, -0.1) is 0 Å². The molecule has 0 N–H and O–H groups in total. The predicted octanol–water partition coefficient (Wildman–Crippen LogP) is 1.56. The van der Waals surface area contributed by atoms with Crippen LogP contribution >= 0.6 is 11.6 Å². The van der Waals surface area contributed by atoms with Gasteiger partial charge in [0.1, 0.15) is 5.15 Å². The van der Waals surface area contributed by atoms with Crippen LogP contribution in [0.2, 0.25) is 5.15 Å². The van der Waals surface area contributed by atoms with Crippen molar-refractivity contribution in [1.29, 1.82) is 0 Å². The van der Waals surface area contributed by atoms with Gasteiger partial charge in [0.05, 0.1) is 6.26 Å². The Kier molecular flexibility index (Phi) is 3.70. The molecule has 1 aliphatic heterocycles. The van der Waals surface area contributed by atoms with Crippen molar-refractivity contribution in [2.45, 2.75) is 12.8 Å². The summed E-state index contributed by atoms with van der Waals surface area (Å²) < 4.78 is 24.3. The van der Waals surface area contributed by atoms with Gasteiger partial charge in [0.25, 0.3) is 0 Å². The molecule has 1 aliphatic rings. The van der Waals surface area contributed by atoms with Crippen LogP contribution in [-0.2, 0) is 16.4 Å². The number of hydrogen-bond acceptors (Lipinski definition) is 3. The van der Waals surface area contributed by atoms with Crippen LogP contribution in [0.4, 0.5) is 0 Å². The molecule has 1 aromatic rings. The standard InChI is InChI=1S/C11H15ClN2O2S/c1-17(15,16)14-6-4-9(8-14)7-10-3-2-5-13-11(10)12/h2-3,5,9H,4,6-8H2,1H3/t9-/m1/s1. The van der Waals surface area contributed by atoms with Gasteiger partial charge in [0.2, 0.25) is 10.0 Å². The third-order valence-corrected chi connectivity index (χ3v) is 4.67. The molecule has 1 saturated heterocycles. The van der Waals surface area contributed by atoms with Gasteiger partial charge in [-0.3, -0.25) is 0 Å². The molecule has 0 amide bonds. The summed E-state index contributed by atoms with van der Waals surface area (Å²) in [6.45, 7) is 1.20. The quantitative estimate of drug-likeness (QED) is 0.786. The van der Waals surface area contributed by atoms with Crippen molar-refractivity contribution in [1.82, 2.24) is 9.29 Å². The molecule has 0 radical (unpaired) electrons. The Balaban J connectivity index is 2.02. The summed E-state index contributed by atoms with van der Waals surface area (Å²) in [5, 5.41) is 0.519. The molecule has 4 nitrogen and oxygen atoms in total. The second-order valence-corrected chi connectivity index (χ2v) is 6.77. The Morgan fingerprint density at radius 1 is 1.59 bits per heavy atom. The molecule has 0 spiro atoms. The van der Waals surface area contributed by atoms with E-state index < -0.39 is 10.0 Å². The number of hydrogen-bond donors (Lipinski definition) is 0. The van der Waals surface area contributed by atoms with Crippen LogP contribution in [0.1, 0.15) is 12.0 Å². The third-order valence-electron chi connectivity index (χ3n) is 3.06. The molecule has 0 unspecified atom stereocenters. The third kappa shape index (κ3) is 3.18. The lowest BCUT2D eigenvalue weighted by Crippen LogP contribution is -2.27. The molecule has 0 saturated carbocycles. The predicted molar refractivity (Wildman–Crippen MR) is 67.5 cm³/mol. The van der Waals surface area contributed by atoms with Crippen LogP contribution in [0.5, 0.6) is 0 Å². The summed E-state index contributed by atoms with van der Waals surface area (Å²) in [4.78, 5) is 4.02. The Morgan fingerprint density at radius 2 is 2.35 bits per heavy atom. The smallest absolute Gasteiger partial charge is 0.211 e. The van der Waals surface area contributed by atoms with E-state index in [2.05, 4.69) is 4.98 Å². The molecule has 2 heterocycles. The maximum Gasteiger partial charge on any atom is 0.211 e. The van der Waals surface area contributed by atoms with Gasteiger partial charge < -0.3 is 0 Å². The summed E-state index contributed by atoms with van der Waals surface area (Å²) in [5.41, 5.74) is 0.995. The fourth-order valence-corrected chi connectivity index (χ4v) is 3.26. The number of sulfonamides is 1. The average Bonchev–Trinajstić information content (AvgIpc) is 2.69. The number of pyridine rings is 1. The van der Waals surface area contributed by atoms with Gasteiger partial charge in [-0.05, 0) is 30.4 Å². The maximum absolute atomic E-state index is 11.4. The fourth-order valence-electron chi connectivity index (χ4n) is 2.15. The topological polar surface area (TPSA) is 50.3 Å². The molecule has 1 aromatic heterocycles. The van der Waals surface area contributed by atoms with E-state index >= 15 is 0 Å². The lowest BCUT2D eigenvalue weighted by molar-refractivity contribution is 0.460. The molecule has 0 aromatic carbocycles. The van der Waals surface area contributed by atoms with Crippen LogP contribution in [0.25, 0.3) is 0 Å². The van der Waals surface area contributed by atoms with Crippen LogP contribution in [0, 0.1) is 5.92 Å². The zero-order valence-corrected chi connectivity index (χ0v) is 11.2. The minimum Gasteiger partial charge on any atom is -0.244 e. The molecule has 2 rings (SSSR count). The molecule has 0 bridgehead atoms. The lowest BCUT2D eigenvalue weighted by Gasteiger charge is -2.13. The summed E-state index contributed by atoms with van der Waals surface area (Å²) >= 11 is 5.99. The number of rotatable bonds is 3. The first kappa shape index (κ1) is 12.8. The van der Waals surface area contributed by atoms with Crippen molar-refractivity contribution < 1.29 is 8.42 Å². The Labute approximate surface area is 107 Å². The summed E-state index contributed by atoms with van der Waals surface area (Å²) in [6.07, 6.45) is 4.59. The highest BCUT2D eigenvalue weighted by molar-refractivity contribution is 7.88. The van der Waals surface area contributed by atoms with Crippen molar-refractivity contribution in [3.8, 4) is 0 Å². The Bertz CT molecular complexity index is 504. The van der Waals surface area contributed by atoms with Gasteiger partial charge in [-0.2, -0.15) is 0 Å². The molecule has 94 valence electrons. The SMILES string of the molecule is CS(=O)(=O)N1CC[C@H](Cc2cccnc2Cl)C1. The number of aromatic nitrogens is 1. The molecular formula is C11H15ClN2O2S. The summed E-state index contributed by atoms with van der Waals surface area (Å²) in [7, 11) is -3.05. The first-order chi connectivity index (χ1) is 7.97. The maximum atomic E-state index is 11.4. The van der Waals surface area contributed by atoms with E-state index in [0.717, 1.165) is 18.4 Å². The van der Waals surface area contributed by atoms with E-state index in [9.17, 15) is 8.42 Å². The Morgan fingerprint density at radius 3 is 2.94 bits per heavy atom. The molecule has 6 heteroatoms. The first-order valence-corrected chi connectivity index (χ1v) is 7.74. The summed E-state index contributed by atoms with van der Waals surface area (Å²) in [6, 6.07) is 3.79. The van der Waals surface area contributed by atoms with E-state index in [0.29, 0.717) is 24.2 Å². The van der Waals surface area contributed by atoms with Gasteiger partial charge in [-0.25, -0.2) is 17.7 Å². The van der Waals surface area contributed by atoms with Crippen LogP contribution < -0.4 is 0 Å². The number of halogens is 1. The van der Waals surface area contributed by atoms with E-state index in [-0.39, 0.29) is 0 Å². The van der Waals surface area contributed by atoms with Crippen LogP contribution in [0.15, 0.2) is 18.3 Å². The van der Waals surface area contributed by atoms with E-state index in [1.165, 1.54) is 10.6 Å². The average molecular weight is 275 g/mol. The van der Waals surface area contributed by atoms with E-state index in [1.54, 1.807) is 6.20 Å². The van der Waals surface area contributed by atoms with Crippen molar-refractivity contribution in [2.24, 2.45) is 5.92 Å². The van der Waals surface area contributed by atoms with Crippen molar-refractivity contribution in [3.05, 3.63) is 29.0 Å². The van der Waals surface area contributed by atoms with Gasteiger partial charge in [-0.1, -0.05) is 17.7 Å². The second-order valence-electron chi connectivity index (χ2n) is 4.43. The fraction of sp³-hybridized carbons (Fsp3) is 0.545. The monoisotopic (exact) mass is 274 g/mol. The van der Waals surface area contributed by atoms with Gasteiger partial charge in [0.15, 0.2) is 0 Å². The summed E-state index contributed by atoms with van der Waals surface area (Å²) in [5.74, 6) is 0.339. The molecule has 17 heavy (non-hydrogen) atoms. The highest BCUT2D eigenvalue weighted by Crippen LogP contribution is 2.24. The van der Waals surface area contributed by atoms with Crippen molar-refractivity contribution >= 4 is 21.6 Å². The molecule has 1 atom stereocenters. The second kappa shape index (κ2) is 4.92. The normalized spacial score (nSPS) is 21.9. The molecular weight excluding hydrogens is 260 g/mol. The zero-order valence-electron chi connectivity index (χ0n) is 9.63. The van der Waals surface area contributed by atoms with Crippen molar-refractivity contribution in [2.75, 3.05) is 19.3 Å². The number of nitrogens with zero attached hydrogens (tertiary/aromatic N) is 2. The van der Waals surface area contributed by atoms with E-state index in [1.807, 2.05) is 12.1 Å².